The quantitative estimate of drug-likeness (QED) is 0.533. The van der Waals surface area contributed by atoms with Crippen molar-refractivity contribution in [2.45, 2.75) is 20.4 Å². The van der Waals surface area contributed by atoms with Crippen LogP contribution in [0, 0.1) is 25.5 Å². The van der Waals surface area contributed by atoms with Gasteiger partial charge >= 0.3 is 0 Å². The number of imide groups is 1. The lowest BCUT2D eigenvalue weighted by molar-refractivity contribution is -0.120. The van der Waals surface area contributed by atoms with E-state index < -0.39 is 29.1 Å². The Morgan fingerprint density at radius 2 is 1.59 bits per heavy atom. The predicted octanol–water partition coefficient (Wildman–Crippen LogP) is 5.00. The molecule has 32 heavy (non-hydrogen) atoms. The van der Waals surface area contributed by atoms with Crippen LogP contribution in [0.15, 0.2) is 72.4 Å². The standard InChI is InChI=1S/C26H22F2N2O2/c1-16-9-11-20(17(2)13-16)23-24(29(3)15-18-7-5-4-6-8-18)26(32)30(25(23)31)22-14-19(27)10-12-21(22)28/h4-14H,15H2,1-3H3. The second kappa shape index (κ2) is 8.38. The molecule has 0 radical (unpaired) electrons. The van der Waals surface area contributed by atoms with Gasteiger partial charge in [-0.15, -0.1) is 0 Å². The molecule has 1 heterocycles. The Labute approximate surface area is 185 Å². The number of anilines is 1. The maximum Gasteiger partial charge on any atom is 0.282 e. The normalized spacial score (nSPS) is 13.8. The van der Waals surface area contributed by atoms with E-state index in [0.717, 1.165) is 39.8 Å². The van der Waals surface area contributed by atoms with Crippen molar-refractivity contribution >= 4 is 23.1 Å². The summed E-state index contributed by atoms with van der Waals surface area (Å²) in [4.78, 5) is 29.4. The number of carbonyl (C=O) groups is 2. The molecule has 1 aliphatic heterocycles. The number of hydrogen-bond acceptors (Lipinski definition) is 3. The highest BCUT2D eigenvalue weighted by atomic mass is 19.1. The van der Waals surface area contributed by atoms with Gasteiger partial charge < -0.3 is 4.90 Å². The lowest BCUT2D eigenvalue weighted by Gasteiger charge is -2.22. The van der Waals surface area contributed by atoms with Gasteiger partial charge in [-0.3, -0.25) is 9.59 Å². The summed E-state index contributed by atoms with van der Waals surface area (Å²) in [7, 11) is 1.71. The Balaban J connectivity index is 1.87. The zero-order chi connectivity index (χ0) is 23.0. The van der Waals surface area contributed by atoms with Crippen LogP contribution in [0.1, 0.15) is 22.3 Å². The summed E-state index contributed by atoms with van der Waals surface area (Å²) in [6, 6.07) is 17.8. The van der Waals surface area contributed by atoms with E-state index in [4.69, 9.17) is 0 Å². The van der Waals surface area contributed by atoms with Crippen LogP contribution in [0.3, 0.4) is 0 Å². The summed E-state index contributed by atoms with van der Waals surface area (Å²) in [5.74, 6) is -2.95. The highest BCUT2D eigenvalue weighted by Gasteiger charge is 2.43. The van der Waals surface area contributed by atoms with Gasteiger partial charge in [-0.1, -0.05) is 54.1 Å². The first kappa shape index (κ1) is 21.4. The number of benzene rings is 3. The molecule has 0 saturated carbocycles. The van der Waals surface area contributed by atoms with Crippen molar-refractivity contribution in [3.63, 3.8) is 0 Å². The monoisotopic (exact) mass is 432 g/mol. The molecule has 4 nitrogen and oxygen atoms in total. The Kier molecular flexibility index (Phi) is 5.61. The van der Waals surface area contributed by atoms with Crippen LogP contribution < -0.4 is 4.90 Å². The van der Waals surface area contributed by atoms with Crippen molar-refractivity contribution in [3.8, 4) is 0 Å². The maximum atomic E-state index is 14.6. The molecule has 0 fully saturated rings. The second-order valence-corrected chi connectivity index (χ2v) is 7.93. The third kappa shape index (κ3) is 3.80. The number of likely N-dealkylation sites (N-methyl/N-ethyl adjacent to an activating group) is 1. The van der Waals surface area contributed by atoms with Gasteiger partial charge in [0, 0.05) is 19.7 Å². The molecule has 1 aliphatic rings. The fourth-order valence-corrected chi connectivity index (χ4v) is 4.02. The van der Waals surface area contributed by atoms with Crippen LogP contribution in [-0.4, -0.2) is 23.8 Å². The van der Waals surface area contributed by atoms with Crippen molar-refractivity contribution in [2.75, 3.05) is 11.9 Å². The molecule has 2 amide bonds. The van der Waals surface area contributed by atoms with Gasteiger partial charge in [0.05, 0.1) is 11.3 Å². The van der Waals surface area contributed by atoms with Gasteiger partial charge in [-0.05, 0) is 42.7 Å². The fourth-order valence-electron chi connectivity index (χ4n) is 4.02. The minimum absolute atomic E-state index is 0.148. The lowest BCUT2D eigenvalue weighted by Crippen LogP contribution is -2.34. The number of halogens is 2. The van der Waals surface area contributed by atoms with Crippen molar-refractivity contribution in [2.24, 2.45) is 0 Å². The Bertz CT molecular complexity index is 1250. The molecule has 162 valence electrons. The molecule has 0 unspecified atom stereocenters. The molecule has 3 aromatic carbocycles. The average Bonchev–Trinajstić information content (AvgIpc) is 3.01. The minimum Gasteiger partial charge on any atom is -0.365 e. The van der Waals surface area contributed by atoms with Crippen LogP contribution in [0.25, 0.3) is 5.57 Å². The van der Waals surface area contributed by atoms with E-state index in [1.807, 2.05) is 56.3 Å². The molecule has 0 saturated heterocycles. The van der Waals surface area contributed by atoms with Gasteiger partial charge in [0.2, 0.25) is 0 Å². The van der Waals surface area contributed by atoms with Crippen LogP contribution in [-0.2, 0) is 16.1 Å². The van der Waals surface area contributed by atoms with E-state index in [-0.39, 0.29) is 11.3 Å². The highest BCUT2D eigenvalue weighted by molar-refractivity contribution is 6.45. The summed E-state index contributed by atoms with van der Waals surface area (Å²) < 4.78 is 28.4. The van der Waals surface area contributed by atoms with Crippen LogP contribution >= 0.6 is 0 Å². The molecule has 0 aliphatic carbocycles. The van der Waals surface area contributed by atoms with Crippen molar-refractivity contribution < 1.29 is 18.4 Å². The molecular weight excluding hydrogens is 410 g/mol. The largest absolute Gasteiger partial charge is 0.365 e. The summed E-state index contributed by atoms with van der Waals surface area (Å²) in [5.41, 5.74) is 3.28. The number of hydrogen-bond donors (Lipinski definition) is 0. The zero-order valence-electron chi connectivity index (χ0n) is 18.0. The first-order valence-corrected chi connectivity index (χ1v) is 10.2. The van der Waals surface area contributed by atoms with Gasteiger partial charge in [0.25, 0.3) is 11.8 Å². The number of aryl methyl sites for hydroxylation is 2. The second-order valence-electron chi connectivity index (χ2n) is 7.93. The summed E-state index contributed by atoms with van der Waals surface area (Å²) in [5, 5.41) is 0. The zero-order valence-corrected chi connectivity index (χ0v) is 18.0. The van der Waals surface area contributed by atoms with Gasteiger partial charge in [-0.2, -0.15) is 0 Å². The van der Waals surface area contributed by atoms with Crippen molar-refractivity contribution in [1.82, 2.24) is 4.90 Å². The van der Waals surface area contributed by atoms with Crippen molar-refractivity contribution in [1.29, 1.82) is 0 Å². The molecule has 0 spiro atoms. The molecule has 0 N–H and O–H groups in total. The van der Waals surface area contributed by atoms with Gasteiger partial charge in [-0.25, -0.2) is 13.7 Å². The van der Waals surface area contributed by atoms with E-state index >= 15 is 0 Å². The first-order chi connectivity index (χ1) is 15.3. The minimum atomic E-state index is -0.847. The molecule has 0 bridgehead atoms. The Morgan fingerprint density at radius 1 is 0.875 bits per heavy atom. The average molecular weight is 432 g/mol. The van der Waals surface area contributed by atoms with Crippen LogP contribution in [0.4, 0.5) is 14.5 Å². The van der Waals surface area contributed by atoms with E-state index in [0.29, 0.717) is 12.1 Å². The van der Waals surface area contributed by atoms with Gasteiger partial charge in [0.15, 0.2) is 0 Å². The fraction of sp³-hybridized carbons (Fsp3) is 0.154. The van der Waals surface area contributed by atoms with E-state index in [9.17, 15) is 18.4 Å². The smallest absolute Gasteiger partial charge is 0.282 e. The number of carbonyl (C=O) groups excluding carboxylic acids is 2. The first-order valence-electron chi connectivity index (χ1n) is 10.2. The van der Waals surface area contributed by atoms with E-state index in [1.54, 1.807) is 18.0 Å². The molecule has 0 atom stereocenters. The molecule has 6 heteroatoms. The number of nitrogens with zero attached hydrogens (tertiary/aromatic N) is 2. The van der Waals surface area contributed by atoms with Crippen LogP contribution in [0.5, 0.6) is 0 Å². The Morgan fingerprint density at radius 3 is 2.28 bits per heavy atom. The molecule has 3 aromatic rings. The van der Waals surface area contributed by atoms with Crippen molar-refractivity contribution in [3.05, 3.63) is 106 Å². The molecule has 0 aromatic heterocycles. The SMILES string of the molecule is Cc1ccc(C2=C(N(C)Cc3ccccc3)C(=O)N(c3cc(F)ccc3F)C2=O)c(C)c1. The maximum absolute atomic E-state index is 14.6. The third-order valence-electron chi connectivity index (χ3n) is 5.50. The third-order valence-corrected chi connectivity index (χ3v) is 5.50. The lowest BCUT2D eigenvalue weighted by atomic mass is 9.97. The van der Waals surface area contributed by atoms with Crippen LogP contribution in [0.2, 0.25) is 0 Å². The summed E-state index contributed by atoms with van der Waals surface area (Å²) in [6.07, 6.45) is 0. The highest BCUT2D eigenvalue weighted by Crippen LogP contribution is 2.37. The molecular formula is C26H22F2N2O2. The number of rotatable bonds is 5. The topological polar surface area (TPSA) is 40.6 Å². The predicted molar refractivity (Wildman–Crippen MR) is 120 cm³/mol. The van der Waals surface area contributed by atoms with E-state index in [2.05, 4.69) is 0 Å². The van der Waals surface area contributed by atoms with Gasteiger partial charge in [0.1, 0.15) is 17.3 Å². The van der Waals surface area contributed by atoms with E-state index in [1.165, 1.54) is 0 Å². The number of amides is 2. The summed E-state index contributed by atoms with van der Waals surface area (Å²) >= 11 is 0. The Hall–Kier alpha value is -3.80. The molecule has 4 rings (SSSR count). The summed E-state index contributed by atoms with van der Waals surface area (Å²) in [6.45, 7) is 4.15.